The molecule has 1 spiro atoms. The van der Waals surface area contributed by atoms with Crippen LogP contribution in [0, 0.1) is 5.41 Å². The summed E-state index contributed by atoms with van der Waals surface area (Å²) in [5.74, 6) is 0.273. The maximum absolute atomic E-state index is 13.1. The lowest BCUT2D eigenvalue weighted by atomic mass is 9.78. The number of aryl methyl sites for hydroxylation is 1. The molecule has 2 aromatic rings. The van der Waals surface area contributed by atoms with E-state index in [1.54, 1.807) is 22.2 Å². The fourth-order valence-electron chi connectivity index (χ4n) is 3.88. The van der Waals surface area contributed by atoms with E-state index in [0.717, 1.165) is 56.1 Å². The number of carbonyl (C=O) groups excluding carboxylic acids is 1. The molecule has 2 aromatic heterocycles. The second-order valence-corrected chi connectivity index (χ2v) is 7.58. The number of hydrogen-bond acceptors (Lipinski definition) is 5. The molecule has 2 aliphatic heterocycles. The molecule has 0 aromatic carbocycles. The van der Waals surface area contributed by atoms with Crippen molar-refractivity contribution in [1.82, 2.24) is 19.7 Å². The molecular weight excluding hydrogens is 310 g/mol. The molecule has 0 radical (unpaired) electrons. The zero-order chi connectivity index (χ0) is 15.9. The third kappa shape index (κ3) is 2.68. The lowest BCUT2D eigenvalue weighted by Crippen LogP contribution is -2.47. The minimum Gasteiger partial charge on any atom is -0.309 e. The van der Waals surface area contributed by atoms with Crippen molar-refractivity contribution in [2.75, 3.05) is 24.5 Å². The molecule has 4 heterocycles. The van der Waals surface area contributed by atoms with Gasteiger partial charge in [0.2, 0.25) is 5.91 Å². The lowest BCUT2D eigenvalue weighted by molar-refractivity contribution is -0.128. The molecule has 0 bridgehead atoms. The van der Waals surface area contributed by atoms with E-state index >= 15 is 0 Å². The van der Waals surface area contributed by atoms with Crippen molar-refractivity contribution < 1.29 is 4.79 Å². The Morgan fingerprint density at radius 3 is 3.00 bits per heavy atom. The van der Waals surface area contributed by atoms with Crippen LogP contribution in [0.5, 0.6) is 0 Å². The number of piperidine rings is 1. The molecule has 6 nitrogen and oxygen atoms in total. The molecule has 1 amide bonds. The number of carbonyl (C=O) groups is 1. The van der Waals surface area contributed by atoms with Gasteiger partial charge in [-0.15, -0.1) is 11.3 Å². The van der Waals surface area contributed by atoms with E-state index in [0.29, 0.717) is 0 Å². The molecule has 2 aliphatic rings. The second kappa shape index (κ2) is 5.72. The van der Waals surface area contributed by atoms with E-state index in [9.17, 15) is 4.79 Å². The standard InChI is InChI=1S/C16H21N5OS/c1-19-10-13(9-18-19)21-7-4-16(15(21)22)3-2-6-20(12-16)11-14-17-5-8-23-14/h5,8-10H,2-4,6-7,11-12H2,1H3. The van der Waals surface area contributed by atoms with Crippen LogP contribution in [0.1, 0.15) is 24.3 Å². The van der Waals surface area contributed by atoms with Crippen molar-refractivity contribution >= 4 is 22.9 Å². The third-order valence-corrected chi connectivity index (χ3v) is 5.78. The van der Waals surface area contributed by atoms with E-state index in [1.807, 2.05) is 29.7 Å². The van der Waals surface area contributed by atoms with Crippen molar-refractivity contribution in [2.24, 2.45) is 12.5 Å². The first-order chi connectivity index (χ1) is 11.2. The van der Waals surface area contributed by atoms with Gasteiger partial charge in [-0.3, -0.25) is 14.4 Å². The Balaban J connectivity index is 1.50. The van der Waals surface area contributed by atoms with E-state index in [2.05, 4.69) is 15.0 Å². The molecule has 122 valence electrons. The van der Waals surface area contributed by atoms with Gasteiger partial charge >= 0.3 is 0 Å². The fourth-order valence-corrected chi connectivity index (χ4v) is 4.54. The van der Waals surface area contributed by atoms with E-state index in [4.69, 9.17) is 0 Å². The summed E-state index contributed by atoms with van der Waals surface area (Å²) >= 11 is 1.69. The van der Waals surface area contributed by atoms with Gasteiger partial charge < -0.3 is 4.90 Å². The molecule has 0 aliphatic carbocycles. The Morgan fingerprint density at radius 2 is 2.26 bits per heavy atom. The first-order valence-corrected chi connectivity index (χ1v) is 8.96. The highest BCUT2D eigenvalue weighted by atomic mass is 32.1. The Hall–Kier alpha value is -1.73. The van der Waals surface area contributed by atoms with Gasteiger partial charge in [-0.1, -0.05) is 0 Å². The highest BCUT2D eigenvalue weighted by molar-refractivity contribution is 7.09. The molecule has 1 atom stereocenters. The van der Waals surface area contributed by atoms with Gasteiger partial charge in [-0.25, -0.2) is 4.98 Å². The zero-order valence-electron chi connectivity index (χ0n) is 13.3. The average molecular weight is 331 g/mol. The predicted molar refractivity (Wildman–Crippen MR) is 89.2 cm³/mol. The Morgan fingerprint density at radius 1 is 1.35 bits per heavy atom. The highest BCUT2D eigenvalue weighted by Crippen LogP contribution is 2.42. The van der Waals surface area contributed by atoms with E-state index in [-0.39, 0.29) is 11.3 Å². The quantitative estimate of drug-likeness (QED) is 0.862. The van der Waals surface area contributed by atoms with Crippen molar-refractivity contribution in [3.05, 3.63) is 29.0 Å². The molecule has 0 N–H and O–H groups in total. The van der Waals surface area contributed by atoms with Gasteiger partial charge in [0.1, 0.15) is 5.01 Å². The number of amides is 1. The van der Waals surface area contributed by atoms with Gasteiger partial charge in [0, 0.05) is 37.9 Å². The van der Waals surface area contributed by atoms with Crippen LogP contribution in [0.25, 0.3) is 0 Å². The topological polar surface area (TPSA) is 54.3 Å². The Labute approximate surface area is 139 Å². The third-order valence-electron chi connectivity index (χ3n) is 5.01. The van der Waals surface area contributed by atoms with Crippen LogP contribution in [0.4, 0.5) is 5.69 Å². The SMILES string of the molecule is Cn1cc(N2CCC3(CCCN(Cc4nccs4)C3)C2=O)cn1. The number of likely N-dealkylation sites (tertiary alicyclic amines) is 1. The van der Waals surface area contributed by atoms with Crippen LogP contribution < -0.4 is 4.90 Å². The summed E-state index contributed by atoms with van der Waals surface area (Å²) in [6, 6.07) is 0. The first kappa shape index (κ1) is 14.8. The number of anilines is 1. The first-order valence-electron chi connectivity index (χ1n) is 8.08. The zero-order valence-corrected chi connectivity index (χ0v) is 14.1. The van der Waals surface area contributed by atoms with Crippen LogP contribution in [-0.4, -0.2) is 45.2 Å². The fraction of sp³-hybridized carbons (Fsp3) is 0.562. The summed E-state index contributed by atoms with van der Waals surface area (Å²) < 4.78 is 1.75. The smallest absolute Gasteiger partial charge is 0.234 e. The van der Waals surface area contributed by atoms with Crippen LogP contribution in [0.15, 0.2) is 24.0 Å². The Bertz CT molecular complexity index is 697. The van der Waals surface area contributed by atoms with Crippen LogP contribution >= 0.6 is 11.3 Å². The van der Waals surface area contributed by atoms with Gasteiger partial charge in [-0.05, 0) is 25.8 Å². The summed E-state index contributed by atoms with van der Waals surface area (Å²) in [4.78, 5) is 21.8. The minimum atomic E-state index is -0.217. The van der Waals surface area contributed by atoms with Crippen LogP contribution in [-0.2, 0) is 18.4 Å². The molecule has 4 rings (SSSR count). The molecule has 1 unspecified atom stereocenters. The molecule has 2 fully saturated rings. The molecule has 2 saturated heterocycles. The predicted octanol–water partition coefficient (Wildman–Crippen LogP) is 1.90. The van der Waals surface area contributed by atoms with Gasteiger partial charge in [0.25, 0.3) is 0 Å². The van der Waals surface area contributed by atoms with Gasteiger partial charge in [0.15, 0.2) is 0 Å². The summed E-state index contributed by atoms with van der Waals surface area (Å²) in [6.45, 7) is 3.57. The number of aromatic nitrogens is 3. The van der Waals surface area contributed by atoms with Crippen molar-refractivity contribution in [3.63, 3.8) is 0 Å². The number of nitrogens with zero attached hydrogens (tertiary/aromatic N) is 5. The van der Waals surface area contributed by atoms with Crippen LogP contribution in [0.3, 0.4) is 0 Å². The maximum Gasteiger partial charge on any atom is 0.234 e. The summed E-state index contributed by atoms with van der Waals surface area (Å²) in [6.07, 6.45) is 8.58. The highest BCUT2D eigenvalue weighted by Gasteiger charge is 2.49. The van der Waals surface area contributed by atoms with E-state index < -0.39 is 0 Å². The monoisotopic (exact) mass is 331 g/mol. The minimum absolute atomic E-state index is 0.217. The number of rotatable bonds is 3. The largest absolute Gasteiger partial charge is 0.309 e. The molecular formula is C16H21N5OS. The number of hydrogen-bond donors (Lipinski definition) is 0. The summed E-state index contributed by atoms with van der Waals surface area (Å²) in [7, 11) is 1.89. The van der Waals surface area contributed by atoms with Crippen molar-refractivity contribution in [2.45, 2.75) is 25.8 Å². The molecule has 7 heteroatoms. The second-order valence-electron chi connectivity index (χ2n) is 6.60. The molecule has 23 heavy (non-hydrogen) atoms. The lowest BCUT2D eigenvalue weighted by Gasteiger charge is -2.38. The Kier molecular flexibility index (Phi) is 3.69. The molecule has 0 saturated carbocycles. The maximum atomic E-state index is 13.1. The number of thiazole rings is 1. The normalized spacial score (nSPS) is 25.6. The van der Waals surface area contributed by atoms with Gasteiger partial charge in [0.05, 0.1) is 23.8 Å². The summed E-state index contributed by atoms with van der Waals surface area (Å²) in [5.41, 5.74) is 0.706. The van der Waals surface area contributed by atoms with Crippen molar-refractivity contribution in [1.29, 1.82) is 0 Å². The van der Waals surface area contributed by atoms with Crippen molar-refractivity contribution in [3.8, 4) is 0 Å². The van der Waals surface area contributed by atoms with Crippen LogP contribution in [0.2, 0.25) is 0 Å². The average Bonchev–Trinajstić information content (AvgIpc) is 3.24. The van der Waals surface area contributed by atoms with E-state index in [1.165, 1.54) is 0 Å². The summed E-state index contributed by atoms with van der Waals surface area (Å²) in [5, 5.41) is 7.35. The van der Waals surface area contributed by atoms with Gasteiger partial charge in [-0.2, -0.15) is 5.10 Å².